The molecule has 2 rings (SSSR count). The summed E-state index contributed by atoms with van der Waals surface area (Å²) in [6, 6.07) is 17.5. The van der Waals surface area contributed by atoms with Crippen LogP contribution in [0.4, 0.5) is 0 Å². The Labute approximate surface area is 99.6 Å². The number of benzene rings is 2. The molecule has 0 spiro atoms. The van der Waals surface area contributed by atoms with Crippen LogP contribution in [0.1, 0.15) is 11.1 Å². The first-order chi connectivity index (χ1) is 7.70. The molecule has 0 N–H and O–H groups in total. The standard InChI is InChI=1S/C15H17Si/c1-12-8-4-6-10-14(12)16(3)15-11-7-5-9-13(15)2/h4-11H,1-3H3/q-1. The third kappa shape index (κ3) is 2.09. The smallest absolute Gasteiger partial charge is 0.0424 e. The van der Waals surface area contributed by atoms with Crippen molar-refractivity contribution < 1.29 is 0 Å². The summed E-state index contributed by atoms with van der Waals surface area (Å²) in [7, 11) is -0.605. The average molecular weight is 225 g/mol. The van der Waals surface area contributed by atoms with Gasteiger partial charge in [0.25, 0.3) is 0 Å². The van der Waals surface area contributed by atoms with E-state index in [1.54, 1.807) is 0 Å². The highest BCUT2D eigenvalue weighted by Gasteiger charge is 1.99. The number of rotatable bonds is 2. The van der Waals surface area contributed by atoms with E-state index in [9.17, 15) is 0 Å². The lowest BCUT2D eigenvalue weighted by molar-refractivity contribution is 1.49. The highest BCUT2D eigenvalue weighted by molar-refractivity contribution is 6.84. The van der Waals surface area contributed by atoms with Crippen LogP contribution in [0.3, 0.4) is 0 Å². The van der Waals surface area contributed by atoms with Crippen LogP contribution in [-0.4, -0.2) is 8.80 Å². The van der Waals surface area contributed by atoms with Gasteiger partial charge >= 0.3 is 0 Å². The van der Waals surface area contributed by atoms with Crippen molar-refractivity contribution in [3.63, 3.8) is 0 Å². The predicted octanol–water partition coefficient (Wildman–Crippen LogP) is 2.54. The fourth-order valence-electron chi connectivity index (χ4n) is 2.13. The SMILES string of the molecule is Cc1ccccc1[Si-](C)c1ccccc1C. The molecular formula is C15H17Si-. The van der Waals surface area contributed by atoms with Crippen molar-refractivity contribution in [3.05, 3.63) is 59.7 Å². The Bertz CT molecular complexity index is 443. The first kappa shape index (κ1) is 11.2. The molecule has 1 heteroatoms. The van der Waals surface area contributed by atoms with Crippen LogP contribution in [0.2, 0.25) is 6.55 Å². The van der Waals surface area contributed by atoms with E-state index in [0.29, 0.717) is 0 Å². The molecule has 0 bridgehead atoms. The Morgan fingerprint density at radius 1 is 0.688 bits per heavy atom. The Morgan fingerprint density at radius 2 is 1.06 bits per heavy atom. The van der Waals surface area contributed by atoms with Crippen LogP contribution in [0.25, 0.3) is 0 Å². The van der Waals surface area contributed by atoms with Crippen molar-refractivity contribution >= 4 is 19.2 Å². The van der Waals surface area contributed by atoms with Gasteiger partial charge in [-0.25, -0.2) is 0 Å². The van der Waals surface area contributed by atoms with Gasteiger partial charge in [-0.05, 0) is 13.8 Å². The van der Waals surface area contributed by atoms with Crippen molar-refractivity contribution in [2.45, 2.75) is 20.4 Å². The summed E-state index contributed by atoms with van der Waals surface area (Å²) in [5, 5.41) is 3.06. The summed E-state index contributed by atoms with van der Waals surface area (Å²) in [6.07, 6.45) is 0. The van der Waals surface area contributed by atoms with Gasteiger partial charge in [0.1, 0.15) is 0 Å². The lowest BCUT2D eigenvalue weighted by Crippen LogP contribution is -2.41. The van der Waals surface area contributed by atoms with Crippen molar-refractivity contribution in [2.24, 2.45) is 0 Å². The second-order valence-electron chi connectivity index (χ2n) is 4.25. The summed E-state index contributed by atoms with van der Waals surface area (Å²) in [6.45, 7) is 6.80. The molecule has 0 nitrogen and oxygen atoms in total. The van der Waals surface area contributed by atoms with E-state index in [-0.39, 0.29) is 0 Å². The summed E-state index contributed by atoms with van der Waals surface area (Å²) in [5.74, 6) is 0. The number of hydrogen-bond acceptors (Lipinski definition) is 0. The number of hydrogen-bond donors (Lipinski definition) is 0. The minimum absolute atomic E-state index is 0.605. The molecule has 0 aliphatic heterocycles. The molecule has 0 aromatic heterocycles. The maximum absolute atomic E-state index is 2.38. The minimum atomic E-state index is -0.605. The van der Waals surface area contributed by atoms with E-state index in [1.165, 1.54) is 21.5 Å². The van der Waals surface area contributed by atoms with Gasteiger partial charge in [0.05, 0.1) is 0 Å². The maximum atomic E-state index is 2.38. The predicted molar refractivity (Wildman–Crippen MR) is 73.2 cm³/mol. The second kappa shape index (κ2) is 4.66. The highest BCUT2D eigenvalue weighted by Crippen LogP contribution is 2.00. The van der Waals surface area contributed by atoms with E-state index >= 15 is 0 Å². The molecule has 0 aliphatic carbocycles. The van der Waals surface area contributed by atoms with Gasteiger partial charge in [-0.2, -0.15) is 16.9 Å². The lowest BCUT2D eigenvalue weighted by atomic mass is 10.2. The van der Waals surface area contributed by atoms with Crippen LogP contribution in [0.15, 0.2) is 48.5 Å². The third-order valence-corrected chi connectivity index (χ3v) is 5.84. The third-order valence-electron chi connectivity index (χ3n) is 3.10. The molecule has 0 unspecified atom stereocenters. The van der Waals surface area contributed by atoms with Gasteiger partial charge in [0, 0.05) is 0 Å². The zero-order valence-corrected chi connectivity index (χ0v) is 11.1. The average Bonchev–Trinajstić information content (AvgIpc) is 2.29. The molecule has 2 aromatic carbocycles. The van der Waals surface area contributed by atoms with E-state index in [1.807, 2.05) is 0 Å². The molecule has 0 amide bonds. The van der Waals surface area contributed by atoms with E-state index < -0.39 is 8.80 Å². The maximum Gasteiger partial charge on any atom is -0.0424 e. The Morgan fingerprint density at radius 3 is 1.44 bits per heavy atom. The Balaban J connectivity index is 2.44. The van der Waals surface area contributed by atoms with Crippen molar-refractivity contribution in [1.29, 1.82) is 0 Å². The van der Waals surface area contributed by atoms with Crippen molar-refractivity contribution in [2.75, 3.05) is 0 Å². The Hall–Kier alpha value is -1.34. The van der Waals surface area contributed by atoms with Crippen LogP contribution in [0.5, 0.6) is 0 Å². The molecular weight excluding hydrogens is 208 g/mol. The zero-order chi connectivity index (χ0) is 11.5. The quantitative estimate of drug-likeness (QED) is 0.689. The van der Waals surface area contributed by atoms with Crippen molar-refractivity contribution in [3.8, 4) is 0 Å². The van der Waals surface area contributed by atoms with Crippen LogP contribution < -0.4 is 10.4 Å². The first-order valence-corrected chi connectivity index (χ1v) is 7.65. The van der Waals surface area contributed by atoms with Crippen LogP contribution in [0, 0.1) is 13.8 Å². The summed E-state index contributed by atoms with van der Waals surface area (Å²) >= 11 is 0. The van der Waals surface area contributed by atoms with Gasteiger partial charge in [-0.15, -0.1) is 0 Å². The zero-order valence-electron chi connectivity index (χ0n) is 10.1. The number of aryl methyl sites for hydroxylation is 2. The van der Waals surface area contributed by atoms with Gasteiger partial charge in [0.15, 0.2) is 0 Å². The topological polar surface area (TPSA) is 0 Å². The summed E-state index contributed by atoms with van der Waals surface area (Å²) < 4.78 is 0. The molecule has 0 saturated carbocycles. The van der Waals surface area contributed by atoms with Crippen LogP contribution >= 0.6 is 0 Å². The molecule has 82 valence electrons. The normalized spacial score (nSPS) is 10.2. The molecule has 0 fully saturated rings. The summed E-state index contributed by atoms with van der Waals surface area (Å²) in [4.78, 5) is 0. The monoisotopic (exact) mass is 225 g/mol. The minimum Gasteiger partial charge on any atom is -0.254 e. The Kier molecular flexibility index (Phi) is 3.25. The van der Waals surface area contributed by atoms with Gasteiger partial charge in [0.2, 0.25) is 0 Å². The first-order valence-electron chi connectivity index (χ1n) is 5.65. The van der Waals surface area contributed by atoms with E-state index in [0.717, 1.165) is 0 Å². The largest absolute Gasteiger partial charge is 0.254 e. The van der Waals surface area contributed by atoms with Gasteiger partial charge in [-0.3, -0.25) is 8.80 Å². The fraction of sp³-hybridized carbons (Fsp3) is 0.200. The van der Waals surface area contributed by atoms with E-state index in [2.05, 4.69) is 68.9 Å². The van der Waals surface area contributed by atoms with Gasteiger partial charge in [-0.1, -0.05) is 59.7 Å². The molecule has 16 heavy (non-hydrogen) atoms. The highest BCUT2D eigenvalue weighted by atomic mass is 28.3. The fourth-order valence-corrected chi connectivity index (χ4v) is 4.46. The molecule has 0 saturated heterocycles. The van der Waals surface area contributed by atoms with Crippen molar-refractivity contribution in [1.82, 2.24) is 0 Å². The molecule has 2 aromatic rings. The lowest BCUT2D eigenvalue weighted by Gasteiger charge is -2.30. The molecule has 0 heterocycles. The molecule has 0 radical (unpaired) electrons. The van der Waals surface area contributed by atoms with Gasteiger partial charge < -0.3 is 0 Å². The summed E-state index contributed by atoms with van der Waals surface area (Å²) in [5.41, 5.74) is 2.84. The molecule has 0 aliphatic rings. The molecule has 0 atom stereocenters. The van der Waals surface area contributed by atoms with Crippen LogP contribution in [-0.2, 0) is 0 Å². The second-order valence-corrected chi connectivity index (χ2v) is 6.58. The van der Waals surface area contributed by atoms with E-state index in [4.69, 9.17) is 0 Å².